The number of hydrogen-bond acceptors (Lipinski definition) is 6. The summed E-state index contributed by atoms with van der Waals surface area (Å²) in [5.74, 6) is -1.54. The maximum atomic E-state index is 12.5. The van der Waals surface area contributed by atoms with Crippen molar-refractivity contribution in [3.8, 4) is 11.5 Å². The van der Waals surface area contributed by atoms with Gasteiger partial charge in [0.05, 0.1) is 26.2 Å². The van der Waals surface area contributed by atoms with E-state index in [-0.39, 0.29) is 5.70 Å². The van der Waals surface area contributed by atoms with Gasteiger partial charge in [0.1, 0.15) is 17.2 Å². The van der Waals surface area contributed by atoms with E-state index in [2.05, 4.69) is 10.6 Å². The molecule has 0 bridgehead atoms. The number of rotatable bonds is 8. The number of methoxy groups -OCH3 is 2. The van der Waals surface area contributed by atoms with Gasteiger partial charge < -0.3 is 30.0 Å². The lowest BCUT2D eigenvalue weighted by atomic mass is 10.1. The largest absolute Gasteiger partial charge is 0.548 e. The zero-order valence-corrected chi connectivity index (χ0v) is 16.2. The molecule has 8 nitrogen and oxygen atoms in total. The van der Waals surface area contributed by atoms with Crippen LogP contribution in [-0.2, 0) is 9.59 Å². The molecule has 0 aliphatic heterocycles. The molecule has 0 fully saturated rings. The first-order valence-electron chi connectivity index (χ1n) is 8.67. The van der Waals surface area contributed by atoms with Gasteiger partial charge >= 0.3 is 0 Å². The number of amides is 2. The van der Waals surface area contributed by atoms with Crippen molar-refractivity contribution in [2.24, 2.45) is 0 Å². The molecule has 0 radical (unpaired) electrons. The molecule has 8 heteroatoms. The van der Waals surface area contributed by atoms with Crippen molar-refractivity contribution in [3.05, 3.63) is 65.4 Å². The smallest absolute Gasteiger partial charge is 0.268 e. The topological polar surface area (TPSA) is 117 Å². The average Bonchev–Trinajstić information content (AvgIpc) is 2.73. The van der Waals surface area contributed by atoms with E-state index < -0.39 is 23.8 Å². The molecule has 0 aliphatic carbocycles. The Kier molecular flexibility index (Phi) is 7.36. The summed E-state index contributed by atoms with van der Waals surface area (Å²) in [6.45, 7) is 1.27. The molecule has 2 amide bonds. The lowest BCUT2D eigenvalue weighted by Crippen LogP contribution is -2.48. The number of carboxylic acid groups (broad SMARTS) is 1. The van der Waals surface area contributed by atoms with Crippen molar-refractivity contribution in [1.82, 2.24) is 10.6 Å². The van der Waals surface area contributed by atoms with Gasteiger partial charge in [-0.3, -0.25) is 9.59 Å². The van der Waals surface area contributed by atoms with Crippen molar-refractivity contribution < 1.29 is 29.0 Å². The highest BCUT2D eigenvalue weighted by molar-refractivity contribution is 6.06. The highest BCUT2D eigenvalue weighted by Gasteiger charge is 2.17. The van der Waals surface area contributed by atoms with Crippen LogP contribution in [-0.4, -0.2) is 38.0 Å². The van der Waals surface area contributed by atoms with Gasteiger partial charge in [-0.1, -0.05) is 12.1 Å². The number of carbonyl (C=O) groups excluding carboxylic acids is 3. The maximum Gasteiger partial charge on any atom is 0.268 e. The van der Waals surface area contributed by atoms with Crippen molar-refractivity contribution in [1.29, 1.82) is 0 Å². The molecule has 0 spiro atoms. The molecular weight excluding hydrogens is 376 g/mol. The monoisotopic (exact) mass is 397 g/mol. The third-order valence-corrected chi connectivity index (χ3v) is 3.97. The SMILES string of the molecule is COc1ccc(/C=C(\NC(=O)c2ccc(OC)cc2)C(=O)N[C@@H](C)C(=O)[O-])cc1. The normalized spacial score (nSPS) is 11.9. The lowest BCUT2D eigenvalue weighted by molar-refractivity contribution is -0.307. The van der Waals surface area contributed by atoms with Gasteiger partial charge in [-0.05, 0) is 55.0 Å². The number of benzene rings is 2. The molecule has 0 saturated heterocycles. The molecule has 2 N–H and O–H groups in total. The number of carbonyl (C=O) groups is 3. The van der Waals surface area contributed by atoms with Crippen LogP contribution in [0.15, 0.2) is 54.2 Å². The quantitative estimate of drug-likeness (QED) is 0.635. The molecule has 1 atom stereocenters. The van der Waals surface area contributed by atoms with E-state index >= 15 is 0 Å². The Bertz CT molecular complexity index is 904. The first-order chi connectivity index (χ1) is 13.8. The summed E-state index contributed by atoms with van der Waals surface area (Å²) in [5, 5.41) is 15.7. The van der Waals surface area contributed by atoms with Crippen LogP contribution in [0.5, 0.6) is 11.5 Å². The molecule has 0 aromatic heterocycles. The Morgan fingerprint density at radius 3 is 1.93 bits per heavy atom. The fourth-order valence-corrected chi connectivity index (χ4v) is 2.30. The van der Waals surface area contributed by atoms with E-state index in [1.807, 2.05) is 0 Å². The van der Waals surface area contributed by atoms with E-state index in [1.54, 1.807) is 48.5 Å². The van der Waals surface area contributed by atoms with E-state index in [0.717, 1.165) is 0 Å². The van der Waals surface area contributed by atoms with Crippen LogP contribution in [0, 0.1) is 0 Å². The van der Waals surface area contributed by atoms with Gasteiger partial charge in [-0.2, -0.15) is 0 Å². The third kappa shape index (κ3) is 6.10. The van der Waals surface area contributed by atoms with Crippen LogP contribution < -0.4 is 25.2 Å². The average molecular weight is 397 g/mol. The first-order valence-corrected chi connectivity index (χ1v) is 8.67. The van der Waals surface area contributed by atoms with Gasteiger partial charge in [-0.25, -0.2) is 0 Å². The predicted octanol–water partition coefficient (Wildman–Crippen LogP) is 0.729. The lowest BCUT2D eigenvalue weighted by Gasteiger charge is -2.17. The Labute approximate surface area is 168 Å². The molecule has 2 aromatic rings. The van der Waals surface area contributed by atoms with E-state index in [4.69, 9.17) is 9.47 Å². The fraction of sp³-hybridized carbons (Fsp3) is 0.190. The van der Waals surface area contributed by atoms with Gasteiger partial charge in [-0.15, -0.1) is 0 Å². The summed E-state index contributed by atoms with van der Waals surface area (Å²) >= 11 is 0. The summed E-state index contributed by atoms with van der Waals surface area (Å²) in [5.41, 5.74) is 0.781. The van der Waals surface area contributed by atoms with Gasteiger partial charge in [0.15, 0.2) is 0 Å². The van der Waals surface area contributed by atoms with Crippen molar-refractivity contribution in [3.63, 3.8) is 0 Å². The zero-order chi connectivity index (χ0) is 21.4. The van der Waals surface area contributed by atoms with Crippen molar-refractivity contribution in [2.75, 3.05) is 14.2 Å². The molecule has 2 rings (SSSR count). The first kappa shape index (κ1) is 21.5. The van der Waals surface area contributed by atoms with Crippen LogP contribution >= 0.6 is 0 Å². The standard InChI is InChI=1S/C21H22N2O6/c1-13(21(26)27)22-20(25)18(12-14-4-8-16(28-2)9-5-14)23-19(24)15-6-10-17(29-3)11-7-15/h4-13H,1-3H3,(H,22,25)(H,23,24)(H,26,27)/p-1/b18-12-/t13-/m0/s1. The van der Waals surface area contributed by atoms with E-state index in [1.165, 1.54) is 27.2 Å². The minimum Gasteiger partial charge on any atom is -0.548 e. The summed E-state index contributed by atoms with van der Waals surface area (Å²) in [6.07, 6.45) is 1.43. The highest BCUT2D eigenvalue weighted by atomic mass is 16.5. The van der Waals surface area contributed by atoms with Crippen LogP contribution in [0.1, 0.15) is 22.8 Å². The van der Waals surface area contributed by atoms with Crippen LogP contribution in [0.3, 0.4) is 0 Å². The van der Waals surface area contributed by atoms with Crippen molar-refractivity contribution >= 4 is 23.9 Å². The molecular formula is C21H21N2O6-. The molecule has 29 heavy (non-hydrogen) atoms. The zero-order valence-electron chi connectivity index (χ0n) is 16.2. The molecule has 0 saturated carbocycles. The van der Waals surface area contributed by atoms with Gasteiger partial charge in [0.2, 0.25) is 0 Å². The Morgan fingerprint density at radius 1 is 0.931 bits per heavy atom. The molecule has 0 unspecified atom stereocenters. The van der Waals surface area contributed by atoms with E-state index in [9.17, 15) is 19.5 Å². The highest BCUT2D eigenvalue weighted by Crippen LogP contribution is 2.15. The van der Waals surface area contributed by atoms with E-state index in [0.29, 0.717) is 22.6 Å². The molecule has 0 heterocycles. The Morgan fingerprint density at radius 2 is 1.45 bits per heavy atom. The van der Waals surface area contributed by atoms with Crippen molar-refractivity contribution in [2.45, 2.75) is 13.0 Å². The number of carboxylic acids is 1. The second kappa shape index (κ2) is 9.93. The summed E-state index contributed by atoms with van der Waals surface area (Å²) < 4.78 is 10.1. The minimum absolute atomic E-state index is 0.121. The van der Waals surface area contributed by atoms with Gasteiger partial charge in [0.25, 0.3) is 11.8 Å². The fourth-order valence-electron chi connectivity index (χ4n) is 2.30. The Hall–Kier alpha value is -3.81. The number of nitrogens with one attached hydrogen (secondary N) is 2. The Balaban J connectivity index is 2.29. The second-order valence-corrected chi connectivity index (χ2v) is 6.03. The second-order valence-electron chi connectivity index (χ2n) is 6.03. The summed E-state index contributed by atoms with van der Waals surface area (Å²) in [4.78, 5) is 36.0. The van der Waals surface area contributed by atoms with Crippen LogP contribution in [0.2, 0.25) is 0 Å². The molecule has 0 aliphatic rings. The number of aliphatic carboxylic acids is 1. The maximum absolute atomic E-state index is 12.5. The summed E-state index contributed by atoms with van der Waals surface area (Å²) in [6, 6.07) is 11.8. The van der Waals surface area contributed by atoms with Gasteiger partial charge in [0, 0.05) is 5.56 Å². The number of ether oxygens (including phenoxy) is 2. The third-order valence-electron chi connectivity index (χ3n) is 3.97. The molecule has 152 valence electrons. The van der Waals surface area contributed by atoms with Crippen LogP contribution in [0.4, 0.5) is 0 Å². The predicted molar refractivity (Wildman–Crippen MR) is 104 cm³/mol. The molecule has 2 aromatic carbocycles. The van der Waals surface area contributed by atoms with Crippen LogP contribution in [0.25, 0.3) is 6.08 Å². The number of hydrogen-bond donors (Lipinski definition) is 2. The summed E-state index contributed by atoms with van der Waals surface area (Å²) in [7, 11) is 3.04. The minimum atomic E-state index is -1.44.